The van der Waals surface area contributed by atoms with Gasteiger partial charge in [-0.3, -0.25) is 9.69 Å². The summed E-state index contributed by atoms with van der Waals surface area (Å²) in [5.74, 6) is 0.581. The number of nitrogens with zero attached hydrogens (tertiary/aromatic N) is 2. The molecule has 0 radical (unpaired) electrons. The Kier molecular flexibility index (Phi) is 7.57. The van der Waals surface area contributed by atoms with Gasteiger partial charge in [-0.1, -0.05) is 41.9 Å². The maximum absolute atomic E-state index is 14.2. The minimum atomic E-state index is -0.221. The molecule has 3 aromatic rings. The minimum Gasteiger partial charge on any atom is -0.384 e. The molecule has 0 saturated carbocycles. The van der Waals surface area contributed by atoms with Crippen molar-refractivity contribution in [2.24, 2.45) is 5.92 Å². The van der Waals surface area contributed by atoms with Crippen molar-refractivity contribution in [2.75, 3.05) is 30.3 Å². The quantitative estimate of drug-likeness (QED) is 0.447. The van der Waals surface area contributed by atoms with E-state index in [1.165, 1.54) is 12.3 Å². The van der Waals surface area contributed by atoms with Crippen LogP contribution >= 0.6 is 11.6 Å². The Hall–Kier alpha value is -2.96. The molecule has 1 unspecified atom stereocenters. The van der Waals surface area contributed by atoms with Crippen molar-refractivity contribution in [3.63, 3.8) is 0 Å². The first-order valence-electron chi connectivity index (χ1n) is 11.3. The monoisotopic (exact) mass is 466 g/mol. The molecule has 1 amide bonds. The van der Waals surface area contributed by atoms with Gasteiger partial charge in [0.25, 0.3) is 5.91 Å². The Labute approximate surface area is 199 Å². The topological polar surface area (TPSA) is 57.3 Å². The number of anilines is 2. The summed E-state index contributed by atoms with van der Waals surface area (Å²) >= 11 is 5.86. The molecule has 1 fully saturated rings. The summed E-state index contributed by atoms with van der Waals surface area (Å²) in [7, 11) is 0. The number of pyridine rings is 1. The number of carbonyl (C=O) groups excluding carboxylic acids is 1. The Morgan fingerprint density at radius 2 is 1.85 bits per heavy atom. The van der Waals surface area contributed by atoms with E-state index in [0.29, 0.717) is 22.3 Å². The molecule has 0 spiro atoms. The number of aromatic nitrogens is 1. The first-order valence-corrected chi connectivity index (χ1v) is 11.6. The summed E-state index contributed by atoms with van der Waals surface area (Å²) in [5, 5.41) is 6.80. The predicted octanol–water partition coefficient (Wildman–Crippen LogP) is 6.01. The lowest BCUT2D eigenvalue weighted by molar-refractivity contribution is 0.102. The summed E-state index contributed by atoms with van der Waals surface area (Å²) in [6.07, 6.45) is 3.55. The fourth-order valence-corrected chi connectivity index (χ4v) is 4.39. The molecule has 1 atom stereocenters. The molecule has 2 aromatic carbocycles. The number of carbonyl (C=O) groups is 1. The van der Waals surface area contributed by atoms with E-state index < -0.39 is 0 Å². The first-order chi connectivity index (χ1) is 16.0. The summed E-state index contributed by atoms with van der Waals surface area (Å²) in [6, 6.07) is 17.9. The van der Waals surface area contributed by atoms with Gasteiger partial charge in [0, 0.05) is 30.0 Å². The minimum absolute atomic E-state index is 0.0611. The molecule has 1 saturated heterocycles. The molecule has 1 aromatic heterocycles. The Morgan fingerprint density at radius 1 is 1.12 bits per heavy atom. The van der Waals surface area contributed by atoms with Crippen molar-refractivity contribution in [1.29, 1.82) is 0 Å². The molecule has 1 aliphatic rings. The number of hydrogen-bond donors (Lipinski definition) is 2. The SMILES string of the molecule is CC(c1ccccc1F)N1CCC(CNc2ccccc2C(=O)Nc2ccc(Cl)cn2)CC1. The summed E-state index contributed by atoms with van der Waals surface area (Å²) in [4.78, 5) is 19.3. The number of likely N-dealkylation sites (tertiary alicyclic amines) is 1. The molecule has 1 aliphatic heterocycles. The second-order valence-electron chi connectivity index (χ2n) is 8.42. The van der Waals surface area contributed by atoms with Crippen LogP contribution in [0.15, 0.2) is 66.9 Å². The van der Waals surface area contributed by atoms with Crippen molar-refractivity contribution >= 4 is 29.0 Å². The fraction of sp³-hybridized carbons (Fsp3) is 0.308. The van der Waals surface area contributed by atoms with E-state index in [-0.39, 0.29) is 17.8 Å². The highest BCUT2D eigenvalue weighted by Crippen LogP contribution is 2.28. The average molecular weight is 467 g/mol. The van der Waals surface area contributed by atoms with Gasteiger partial charge in [-0.15, -0.1) is 0 Å². The van der Waals surface area contributed by atoms with Crippen molar-refractivity contribution in [2.45, 2.75) is 25.8 Å². The van der Waals surface area contributed by atoms with Crippen LogP contribution in [-0.2, 0) is 0 Å². The van der Waals surface area contributed by atoms with Crippen molar-refractivity contribution in [3.05, 3.63) is 88.8 Å². The molecule has 4 rings (SSSR count). The normalized spacial score (nSPS) is 15.7. The summed E-state index contributed by atoms with van der Waals surface area (Å²) in [6.45, 7) is 4.70. The van der Waals surface area contributed by atoms with E-state index in [0.717, 1.165) is 43.7 Å². The van der Waals surface area contributed by atoms with E-state index in [1.807, 2.05) is 30.3 Å². The molecule has 7 heteroatoms. The van der Waals surface area contributed by atoms with E-state index in [2.05, 4.69) is 27.4 Å². The standard InChI is InChI=1S/C26H28ClFN4O/c1-18(21-6-2-4-8-23(21)28)32-14-12-19(13-15-32)16-29-24-9-5-3-7-22(24)26(33)31-25-11-10-20(27)17-30-25/h2-11,17-19,29H,12-16H2,1H3,(H,30,31,33). The number of hydrogen-bond acceptors (Lipinski definition) is 4. The number of rotatable bonds is 7. The summed E-state index contributed by atoms with van der Waals surface area (Å²) < 4.78 is 14.2. The van der Waals surface area contributed by atoms with Crippen LogP contribution in [0.5, 0.6) is 0 Å². The van der Waals surface area contributed by atoms with Gasteiger partial charge < -0.3 is 10.6 Å². The lowest BCUT2D eigenvalue weighted by Gasteiger charge is -2.36. The molecular weight excluding hydrogens is 439 g/mol. The molecule has 0 bridgehead atoms. The molecule has 33 heavy (non-hydrogen) atoms. The summed E-state index contributed by atoms with van der Waals surface area (Å²) in [5.41, 5.74) is 2.12. The highest BCUT2D eigenvalue weighted by atomic mass is 35.5. The number of nitrogens with one attached hydrogen (secondary N) is 2. The zero-order chi connectivity index (χ0) is 23.2. The Bertz CT molecular complexity index is 1080. The van der Waals surface area contributed by atoms with Gasteiger partial charge in [-0.25, -0.2) is 9.37 Å². The number of benzene rings is 2. The number of para-hydroxylation sites is 1. The zero-order valence-electron chi connectivity index (χ0n) is 18.6. The van der Waals surface area contributed by atoms with Crippen LogP contribution in [0.3, 0.4) is 0 Å². The molecule has 5 nitrogen and oxygen atoms in total. The Morgan fingerprint density at radius 3 is 2.58 bits per heavy atom. The number of halogens is 2. The first kappa shape index (κ1) is 23.2. The second kappa shape index (κ2) is 10.8. The highest BCUT2D eigenvalue weighted by Gasteiger charge is 2.25. The van der Waals surface area contributed by atoms with Gasteiger partial charge in [0.05, 0.1) is 10.6 Å². The maximum Gasteiger partial charge on any atom is 0.258 e. The lowest BCUT2D eigenvalue weighted by Crippen LogP contribution is -2.37. The molecular formula is C26H28ClFN4O. The average Bonchev–Trinajstić information content (AvgIpc) is 2.84. The van der Waals surface area contributed by atoms with Crippen LogP contribution in [0.4, 0.5) is 15.9 Å². The predicted molar refractivity (Wildman–Crippen MR) is 131 cm³/mol. The van der Waals surface area contributed by atoms with E-state index in [4.69, 9.17) is 11.6 Å². The third-order valence-electron chi connectivity index (χ3n) is 6.27. The van der Waals surface area contributed by atoms with Gasteiger partial charge in [0.2, 0.25) is 0 Å². The van der Waals surface area contributed by atoms with Crippen LogP contribution in [0.25, 0.3) is 0 Å². The van der Waals surface area contributed by atoms with Gasteiger partial charge in [-0.2, -0.15) is 0 Å². The van der Waals surface area contributed by atoms with Crippen LogP contribution in [-0.4, -0.2) is 35.4 Å². The number of amides is 1. The van der Waals surface area contributed by atoms with Crippen molar-refractivity contribution < 1.29 is 9.18 Å². The molecule has 2 heterocycles. The van der Waals surface area contributed by atoms with Crippen LogP contribution in [0.2, 0.25) is 5.02 Å². The van der Waals surface area contributed by atoms with Gasteiger partial charge in [-0.05, 0) is 69.1 Å². The van der Waals surface area contributed by atoms with Gasteiger partial charge in [0.15, 0.2) is 0 Å². The molecule has 0 aliphatic carbocycles. The number of piperidine rings is 1. The van der Waals surface area contributed by atoms with Crippen LogP contribution in [0.1, 0.15) is 41.7 Å². The largest absolute Gasteiger partial charge is 0.384 e. The molecule has 172 valence electrons. The van der Waals surface area contributed by atoms with Crippen molar-refractivity contribution in [3.8, 4) is 0 Å². The second-order valence-corrected chi connectivity index (χ2v) is 8.86. The lowest BCUT2D eigenvalue weighted by atomic mass is 9.94. The fourth-order valence-electron chi connectivity index (χ4n) is 4.28. The zero-order valence-corrected chi connectivity index (χ0v) is 19.4. The van der Waals surface area contributed by atoms with E-state index in [9.17, 15) is 9.18 Å². The smallest absolute Gasteiger partial charge is 0.258 e. The third-order valence-corrected chi connectivity index (χ3v) is 6.50. The third kappa shape index (κ3) is 5.89. The van der Waals surface area contributed by atoms with Crippen molar-refractivity contribution in [1.82, 2.24) is 9.88 Å². The highest BCUT2D eigenvalue weighted by molar-refractivity contribution is 6.30. The van der Waals surface area contributed by atoms with E-state index in [1.54, 1.807) is 24.3 Å². The van der Waals surface area contributed by atoms with Gasteiger partial charge >= 0.3 is 0 Å². The van der Waals surface area contributed by atoms with E-state index >= 15 is 0 Å². The molecule has 2 N–H and O–H groups in total. The Balaban J connectivity index is 1.32. The van der Waals surface area contributed by atoms with Crippen LogP contribution < -0.4 is 10.6 Å². The maximum atomic E-state index is 14.2. The van der Waals surface area contributed by atoms with Gasteiger partial charge in [0.1, 0.15) is 11.6 Å². The van der Waals surface area contributed by atoms with Crippen LogP contribution in [0, 0.1) is 11.7 Å².